The molecule has 1 unspecified atom stereocenters. The van der Waals surface area contributed by atoms with Gasteiger partial charge < -0.3 is 10.1 Å². The van der Waals surface area contributed by atoms with E-state index < -0.39 is 15.3 Å². The van der Waals surface area contributed by atoms with Crippen molar-refractivity contribution in [1.29, 1.82) is 0 Å². The number of rotatable bonds is 16. The SMILES string of the molecule is CCCCCCNc1ccc(S(=O)(=O)CC(C=O)(CC)CCCC)c(Cc2ccccc2)c1. The van der Waals surface area contributed by atoms with Crippen LogP contribution in [0.3, 0.4) is 0 Å². The zero-order valence-corrected chi connectivity index (χ0v) is 21.4. The molecule has 0 aliphatic rings. The fraction of sp³-hybridized carbons (Fsp3) is 0.536. The van der Waals surface area contributed by atoms with Gasteiger partial charge in [0.2, 0.25) is 0 Å². The van der Waals surface area contributed by atoms with Crippen LogP contribution >= 0.6 is 0 Å². The van der Waals surface area contributed by atoms with Crippen LogP contribution in [0.2, 0.25) is 0 Å². The zero-order valence-electron chi connectivity index (χ0n) is 20.6. The number of carbonyl (C=O) groups excluding carboxylic acids is 1. The van der Waals surface area contributed by atoms with Crippen molar-refractivity contribution in [2.75, 3.05) is 17.6 Å². The molecule has 2 aromatic carbocycles. The van der Waals surface area contributed by atoms with Crippen LogP contribution in [0.25, 0.3) is 0 Å². The Labute approximate surface area is 201 Å². The van der Waals surface area contributed by atoms with Crippen LogP contribution in [0, 0.1) is 5.41 Å². The molecule has 1 atom stereocenters. The molecule has 0 bridgehead atoms. The summed E-state index contributed by atoms with van der Waals surface area (Å²) in [6, 6.07) is 15.5. The van der Waals surface area contributed by atoms with Gasteiger partial charge in [-0.2, -0.15) is 0 Å². The molecule has 0 saturated heterocycles. The summed E-state index contributed by atoms with van der Waals surface area (Å²) in [6.07, 6.45) is 9.05. The molecule has 1 N–H and O–H groups in total. The van der Waals surface area contributed by atoms with Crippen molar-refractivity contribution < 1.29 is 13.2 Å². The predicted octanol–water partition coefficient (Wildman–Crippen LogP) is 6.83. The van der Waals surface area contributed by atoms with Crippen LogP contribution in [0.5, 0.6) is 0 Å². The average Bonchev–Trinajstić information content (AvgIpc) is 2.82. The van der Waals surface area contributed by atoms with Crippen molar-refractivity contribution in [2.45, 2.75) is 83.5 Å². The third-order valence-corrected chi connectivity index (χ3v) is 8.48. The number of hydrogen-bond donors (Lipinski definition) is 1. The second kappa shape index (κ2) is 13.5. The van der Waals surface area contributed by atoms with Crippen LogP contribution < -0.4 is 5.32 Å². The van der Waals surface area contributed by atoms with Gasteiger partial charge in [-0.1, -0.05) is 83.2 Å². The predicted molar refractivity (Wildman–Crippen MR) is 139 cm³/mol. The van der Waals surface area contributed by atoms with Gasteiger partial charge in [0.15, 0.2) is 9.84 Å². The van der Waals surface area contributed by atoms with Crippen molar-refractivity contribution in [3.8, 4) is 0 Å². The van der Waals surface area contributed by atoms with Crippen molar-refractivity contribution in [3.05, 3.63) is 59.7 Å². The van der Waals surface area contributed by atoms with Crippen LogP contribution in [0.1, 0.15) is 83.3 Å². The van der Waals surface area contributed by atoms with E-state index >= 15 is 0 Å². The van der Waals surface area contributed by atoms with Gasteiger partial charge in [-0.25, -0.2) is 8.42 Å². The first kappa shape index (κ1) is 27.1. The van der Waals surface area contributed by atoms with Gasteiger partial charge in [0.25, 0.3) is 0 Å². The molecule has 0 radical (unpaired) electrons. The fourth-order valence-electron chi connectivity index (χ4n) is 4.24. The summed E-state index contributed by atoms with van der Waals surface area (Å²) >= 11 is 0. The van der Waals surface area contributed by atoms with Gasteiger partial charge in [-0.3, -0.25) is 0 Å². The van der Waals surface area contributed by atoms with Crippen LogP contribution in [0.15, 0.2) is 53.4 Å². The first-order valence-electron chi connectivity index (χ1n) is 12.5. The van der Waals surface area contributed by atoms with Crippen molar-refractivity contribution >= 4 is 21.8 Å². The largest absolute Gasteiger partial charge is 0.385 e. The molecule has 0 spiro atoms. The molecule has 2 rings (SSSR count). The van der Waals surface area contributed by atoms with Crippen LogP contribution in [-0.4, -0.2) is 27.0 Å². The Morgan fingerprint density at radius 1 is 0.909 bits per heavy atom. The molecular formula is C28H41NO3S. The lowest BCUT2D eigenvalue weighted by molar-refractivity contribution is -0.115. The minimum Gasteiger partial charge on any atom is -0.385 e. The number of benzene rings is 2. The topological polar surface area (TPSA) is 63.2 Å². The smallest absolute Gasteiger partial charge is 0.179 e. The van der Waals surface area contributed by atoms with Crippen molar-refractivity contribution in [2.24, 2.45) is 5.41 Å². The molecule has 0 heterocycles. The lowest BCUT2D eigenvalue weighted by atomic mass is 9.84. The van der Waals surface area contributed by atoms with E-state index in [4.69, 9.17) is 0 Å². The molecule has 33 heavy (non-hydrogen) atoms. The van der Waals surface area contributed by atoms with E-state index in [0.29, 0.717) is 24.2 Å². The molecule has 182 valence electrons. The Balaban J connectivity index is 2.35. The van der Waals surface area contributed by atoms with Crippen LogP contribution in [0.4, 0.5) is 5.69 Å². The molecule has 0 saturated carbocycles. The number of hydrogen-bond acceptors (Lipinski definition) is 4. The van der Waals surface area contributed by atoms with Crippen LogP contribution in [-0.2, 0) is 21.1 Å². The Kier molecular flexibility index (Phi) is 11.1. The highest BCUT2D eigenvalue weighted by Gasteiger charge is 2.35. The molecular weight excluding hydrogens is 430 g/mol. The molecule has 0 amide bonds. The van der Waals surface area contributed by atoms with Crippen molar-refractivity contribution in [1.82, 2.24) is 0 Å². The van der Waals surface area contributed by atoms with E-state index in [9.17, 15) is 13.2 Å². The molecule has 0 aliphatic heterocycles. The molecule has 0 aromatic heterocycles. The summed E-state index contributed by atoms with van der Waals surface area (Å²) in [5.74, 6) is -0.133. The van der Waals surface area contributed by atoms with Gasteiger partial charge in [-0.05, 0) is 55.0 Å². The maximum atomic E-state index is 13.6. The minimum absolute atomic E-state index is 0.133. The second-order valence-electron chi connectivity index (χ2n) is 9.17. The van der Waals surface area contributed by atoms with E-state index in [1.54, 1.807) is 6.07 Å². The fourth-order valence-corrected chi connectivity index (χ4v) is 6.38. The van der Waals surface area contributed by atoms with E-state index in [1.165, 1.54) is 19.3 Å². The Morgan fingerprint density at radius 2 is 1.64 bits per heavy atom. The Hall–Kier alpha value is -2.14. The molecule has 2 aromatic rings. The van der Waals surface area contributed by atoms with Gasteiger partial charge >= 0.3 is 0 Å². The summed E-state index contributed by atoms with van der Waals surface area (Å²) in [5.41, 5.74) is 1.97. The lowest BCUT2D eigenvalue weighted by Crippen LogP contribution is -2.32. The van der Waals surface area contributed by atoms with Gasteiger partial charge in [0.05, 0.1) is 10.6 Å². The number of carbonyl (C=O) groups is 1. The quantitative estimate of drug-likeness (QED) is 0.215. The third-order valence-electron chi connectivity index (χ3n) is 6.45. The van der Waals surface area contributed by atoms with E-state index in [-0.39, 0.29) is 5.75 Å². The number of nitrogens with one attached hydrogen (secondary N) is 1. The van der Waals surface area contributed by atoms with Crippen molar-refractivity contribution in [3.63, 3.8) is 0 Å². The summed E-state index contributed by atoms with van der Waals surface area (Å²) in [6.45, 7) is 7.04. The van der Waals surface area contributed by atoms with E-state index in [1.807, 2.05) is 49.4 Å². The average molecular weight is 472 g/mol. The maximum absolute atomic E-state index is 13.6. The normalized spacial score (nSPS) is 13.4. The molecule has 5 heteroatoms. The minimum atomic E-state index is -3.63. The summed E-state index contributed by atoms with van der Waals surface area (Å²) in [7, 11) is -3.63. The van der Waals surface area contributed by atoms with Gasteiger partial charge in [-0.15, -0.1) is 0 Å². The van der Waals surface area contributed by atoms with E-state index in [2.05, 4.69) is 19.2 Å². The third kappa shape index (κ3) is 8.29. The van der Waals surface area contributed by atoms with Gasteiger partial charge in [0, 0.05) is 17.6 Å². The highest BCUT2D eigenvalue weighted by Crippen LogP contribution is 2.33. The lowest BCUT2D eigenvalue weighted by Gasteiger charge is -2.27. The first-order chi connectivity index (χ1) is 15.9. The molecule has 0 fully saturated rings. The first-order valence-corrected chi connectivity index (χ1v) is 14.1. The monoisotopic (exact) mass is 471 g/mol. The van der Waals surface area contributed by atoms with Gasteiger partial charge in [0.1, 0.15) is 6.29 Å². The second-order valence-corrected chi connectivity index (χ2v) is 11.1. The summed E-state index contributed by atoms with van der Waals surface area (Å²) in [5, 5.41) is 3.46. The number of aldehydes is 1. The summed E-state index contributed by atoms with van der Waals surface area (Å²) in [4.78, 5) is 12.4. The number of anilines is 1. The molecule has 4 nitrogen and oxygen atoms in total. The summed E-state index contributed by atoms with van der Waals surface area (Å²) < 4.78 is 27.2. The highest BCUT2D eigenvalue weighted by molar-refractivity contribution is 7.91. The Morgan fingerprint density at radius 3 is 2.27 bits per heavy atom. The highest BCUT2D eigenvalue weighted by atomic mass is 32.2. The Bertz CT molecular complexity index is 956. The standard InChI is InChI=1S/C28H41NO3S/c1-4-7-9-13-19-29-26-16-17-27(25(21-26)20-24-14-11-10-12-15-24)33(31,32)23-28(6-3,22-30)18-8-5-2/h10-12,14-17,21-22,29H,4-9,13,18-20,23H2,1-3H3. The molecule has 0 aliphatic carbocycles. The van der Waals surface area contributed by atoms with E-state index in [0.717, 1.165) is 48.9 Å². The zero-order chi connectivity index (χ0) is 24.2. The maximum Gasteiger partial charge on any atom is 0.179 e. The number of unbranched alkanes of at least 4 members (excludes halogenated alkanes) is 4. The number of sulfone groups is 1.